The van der Waals surface area contributed by atoms with Gasteiger partial charge in [-0.25, -0.2) is 19.9 Å². The van der Waals surface area contributed by atoms with Crippen LogP contribution in [-0.4, -0.2) is 56.5 Å². The average molecular weight is 1850 g/mol. The maximum Gasteiger partial charge on any atom is 0.132 e. The van der Waals surface area contributed by atoms with Crippen LogP contribution in [0.15, 0.2) is 303 Å². The number of rotatable bonds is 20. The number of unbranched alkanes of at least 4 members (excludes halogenated alkanes) is 8. The fourth-order valence-electron chi connectivity index (χ4n) is 23.1. The topological polar surface area (TPSA) is 180 Å². The Hall–Kier alpha value is -16.0. The first-order valence-corrected chi connectivity index (χ1v) is 55.6. The molecule has 9 aliphatic rings. The van der Waals surface area contributed by atoms with Crippen molar-refractivity contribution in [2.45, 2.75) is 175 Å². The first-order chi connectivity index (χ1) is 68.3. The van der Waals surface area contributed by atoms with Crippen LogP contribution < -0.4 is 0 Å². The van der Waals surface area contributed by atoms with Crippen LogP contribution in [-0.2, 0) is 45.3 Å². The molecule has 9 aliphatic carbocycles. The van der Waals surface area contributed by atoms with E-state index in [1.54, 1.807) is 24.3 Å². The van der Waals surface area contributed by atoms with E-state index < -0.39 is 48.6 Å². The highest BCUT2D eigenvalue weighted by molar-refractivity contribution is 6.85. The van der Waals surface area contributed by atoms with Gasteiger partial charge in [0.05, 0.1) is 34.9 Å². The number of benzene rings is 13. The van der Waals surface area contributed by atoms with E-state index in [2.05, 4.69) is 341 Å². The molecule has 13 aromatic carbocycles. The summed E-state index contributed by atoms with van der Waals surface area (Å²) >= 11 is 0. The molecule has 24 rings (SSSR count). The van der Waals surface area contributed by atoms with Crippen molar-refractivity contribution in [3.63, 3.8) is 0 Å². The fraction of sp³-hybridized carbons (Fsp3) is 0.219. The maximum absolute atomic E-state index is 12.3. The summed E-state index contributed by atoms with van der Waals surface area (Å²) in [5, 5.41) is 67.9. The Morgan fingerprint density at radius 1 is 0.250 bits per heavy atom. The van der Waals surface area contributed by atoms with Gasteiger partial charge in [-0.05, 0) is 223 Å². The van der Waals surface area contributed by atoms with E-state index in [4.69, 9.17) is 19.9 Å². The van der Waals surface area contributed by atoms with Gasteiger partial charge in [-0.1, -0.05) is 356 Å². The van der Waals surface area contributed by atoms with Crippen molar-refractivity contribution < 1.29 is 20.4 Å². The third kappa shape index (κ3) is 15.0. The van der Waals surface area contributed by atoms with Crippen molar-refractivity contribution in [3.05, 3.63) is 437 Å². The Labute approximate surface area is 823 Å². The average Bonchev–Trinajstić information content (AvgIpc) is 0.667. The summed E-state index contributed by atoms with van der Waals surface area (Å²) < 4.78 is 0. The molecule has 678 valence electrons. The third-order valence-corrected chi connectivity index (χ3v) is 34.5. The first-order valence-electron chi connectivity index (χ1n) is 49.2. The van der Waals surface area contributed by atoms with Crippen LogP contribution in [0.3, 0.4) is 0 Å². The van der Waals surface area contributed by atoms with E-state index in [1.165, 1.54) is 0 Å². The van der Waals surface area contributed by atoms with Gasteiger partial charge in [0.25, 0.3) is 0 Å². The Balaban J connectivity index is 0.622. The Morgan fingerprint density at radius 3 is 0.643 bits per heavy atom. The lowest BCUT2D eigenvalue weighted by atomic mass is 9.47. The number of aryl methyl sites for hydroxylation is 2. The minimum atomic E-state index is -2.09. The van der Waals surface area contributed by atoms with Crippen LogP contribution in [0.1, 0.15) is 225 Å². The lowest BCUT2D eigenvalue weighted by Gasteiger charge is -2.52. The highest BCUT2D eigenvalue weighted by Gasteiger charge is 2.61. The molecule has 0 saturated carbocycles. The molecular weight excluding hydrogens is 1740 g/mol. The molecule has 6 bridgehead atoms. The standard InChI is InChI=1S/C128H104N6O4Si2/c1-7-9-11-13-55-121-131-113(85-115(133-121)93-83-89(59-63-119(93)137)67-71-125-101-43-21-27-49-107(101)127(108-50-28-22-44-102(108)125,109-51-29-23-45-103(109)125)73-79-139(3,4)77-35-33-75-129)91-81-87(57-61-117(91)135)65-69-123-95-37-15-18-40-98(95)124(99-41-19-16-38-96(99)123,100-42-20-17-39-97(100)123)70-66-88-58-62-118(136)92(82-88)114-86-116(134-122(132-114)56-14-12-10-8-2)94-84-90(60-64-120(94)138)68-72-126-104-46-24-30-52-110(104)128(111-53-31-25-47-105(111)126,112-54-32-26-48-106(112)126)74-80-140(5,6)78-36-34-76-130/h15-32,37-54,57-64,81-86,135-138H,7-14,33-36,55-56,77-78H2,1-6H3. The summed E-state index contributed by atoms with van der Waals surface area (Å²) in [5.74, 6) is 39.9. The van der Waals surface area contributed by atoms with Gasteiger partial charge in [0, 0.05) is 70.2 Å². The second-order valence-corrected chi connectivity index (χ2v) is 48.4. The number of hydrogen-bond acceptors (Lipinski definition) is 10. The van der Waals surface area contributed by atoms with Gasteiger partial charge in [0.2, 0.25) is 0 Å². The molecule has 0 aliphatic heterocycles. The van der Waals surface area contributed by atoms with Gasteiger partial charge in [0.1, 0.15) is 83.3 Å². The molecule has 0 fully saturated rings. The molecule has 0 radical (unpaired) electrons. The number of aromatic nitrogens is 4. The van der Waals surface area contributed by atoms with Gasteiger partial charge in [0.15, 0.2) is 0 Å². The number of phenolic OH excluding ortho intramolecular Hbond substituents is 4. The zero-order chi connectivity index (χ0) is 96.2. The molecule has 0 saturated heterocycles. The number of phenols is 4. The normalized spacial score (nSPS) is 18.6. The fourth-order valence-corrected chi connectivity index (χ4v) is 26.5. The van der Waals surface area contributed by atoms with Crippen molar-refractivity contribution in [2.75, 3.05) is 0 Å². The van der Waals surface area contributed by atoms with Crippen molar-refractivity contribution in [1.29, 1.82) is 10.5 Å². The number of nitriles is 2. The molecule has 10 nitrogen and oxygen atoms in total. The van der Waals surface area contributed by atoms with E-state index >= 15 is 0 Å². The van der Waals surface area contributed by atoms with Crippen LogP contribution in [0.25, 0.3) is 45.0 Å². The van der Waals surface area contributed by atoms with E-state index in [9.17, 15) is 30.9 Å². The van der Waals surface area contributed by atoms with Crippen molar-refractivity contribution in [1.82, 2.24) is 19.9 Å². The molecule has 15 aromatic rings. The summed E-state index contributed by atoms with van der Waals surface area (Å²) in [6.07, 6.45) is 11.7. The predicted octanol–water partition coefficient (Wildman–Crippen LogP) is 26.2. The van der Waals surface area contributed by atoms with Crippen LogP contribution in [0.4, 0.5) is 0 Å². The summed E-state index contributed by atoms with van der Waals surface area (Å²) in [4.78, 5) is 21.0. The summed E-state index contributed by atoms with van der Waals surface area (Å²) in [7, 11) is -4.18. The summed E-state index contributed by atoms with van der Waals surface area (Å²) in [6, 6.07) is 110. The molecule has 0 atom stereocenters. The van der Waals surface area contributed by atoms with Crippen molar-refractivity contribution in [3.8, 4) is 150 Å². The second kappa shape index (κ2) is 36.5. The lowest BCUT2D eigenvalue weighted by Crippen LogP contribution is -2.50. The Kier molecular flexibility index (Phi) is 23.6. The van der Waals surface area contributed by atoms with Gasteiger partial charge < -0.3 is 20.4 Å². The summed E-state index contributed by atoms with van der Waals surface area (Å²) in [5.41, 5.74) is 28.2. The third-order valence-electron chi connectivity index (χ3n) is 29.7. The SMILES string of the molecule is CCCCCCc1nc(-c2cc(C#CC34c5ccccc5C(C#Cc5ccc(O)c(-c6cc(-c7cc(C#CC89c%10ccccc%10C(C#C[Si](C)(C)CCCC#N)(c%10ccccc%108)c8ccccc89)ccc7O)nc(CCCCCC)n6)c5)(c5ccccc53)c3ccccc34)ccc2O)cc(-c2cc(C#CC34c5ccccc5C(C#C[Si](C)(C)CCCC#N)(c5ccccc53)c3ccccc34)ccc2O)n1. The zero-order valence-electron chi connectivity index (χ0n) is 79.7. The lowest BCUT2D eigenvalue weighted by molar-refractivity contribution is 0.476. The molecule has 4 N–H and O–H groups in total. The van der Waals surface area contributed by atoms with E-state index in [-0.39, 0.29) is 23.0 Å². The highest BCUT2D eigenvalue weighted by atomic mass is 28.3. The van der Waals surface area contributed by atoms with Gasteiger partial charge in [-0.3, -0.25) is 0 Å². The van der Waals surface area contributed by atoms with Gasteiger partial charge in [-0.15, -0.1) is 11.1 Å². The first kappa shape index (κ1) is 90.5. The van der Waals surface area contributed by atoms with Crippen molar-refractivity contribution in [2.24, 2.45) is 0 Å². The molecule has 0 amide bonds. The van der Waals surface area contributed by atoms with Crippen LogP contribution in [0, 0.1) is 93.0 Å². The molecular formula is C128H104N6O4Si2. The van der Waals surface area contributed by atoms with Crippen LogP contribution >= 0.6 is 0 Å². The zero-order valence-corrected chi connectivity index (χ0v) is 81.7. The molecule has 0 spiro atoms. The van der Waals surface area contributed by atoms with E-state index in [0.717, 1.165) is 176 Å². The Morgan fingerprint density at radius 2 is 0.450 bits per heavy atom. The van der Waals surface area contributed by atoms with E-state index in [0.29, 0.717) is 105 Å². The smallest absolute Gasteiger partial charge is 0.132 e. The predicted molar refractivity (Wildman–Crippen MR) is 563 cm³/mol. The molecule has 2 aromatic heterocycles. The van der Waals surface area contributed by atoms with Gasteiger partial charge >= 0.3 is 0 Å². The highest BCUT2D eigenvalue weighted by Crippen LogP contribution is 2.66. The largest absolute Gasteiger partial charge is 0.507 e. The molecule has 12 heteroatoms. The van der Waals surface area contributed by atoms with Crippen LogP contribution in [0.2, 0.25) is 38.3 Å². The Bertz CT molecular complexity index is 7300. The molecule has 2 heterocycles. The minimum absolute atomic E-state index is 0.0136. The second-order valence-electron chi connectivity index (χ2n) is 39.4. The quantitative estimate of drug-likeness (QED) is 0.0326. The maximum atomic E-state index is 12.3. The minimum Gasteiger partial charge on any atom is -0.507 e. The molecule has 0 unspecified atom stereocenters. The number of hydrogen-bond donors (Lipinski definition) is 4. The van der Waals surface area contributed by atoms with Crippen LogP contribution in [0.5, 0.6) is 23.0 Å². The molecule has 140 heavy (non-hydrogen) atoms. The monoisotopic (exact) mass is 1840 g/mol. The summed E-state index contributed by atoms with van der Waals surface area (Å²) in [6.45, 7) is 13.6. The van der Waals surface area contributed by atoms with E-state index in [1.807, 2.05) is 60.7 Å². The number of aromatic hydroxyl groups is 4. The van der Waals surface area contributed by atoms with Crippen molar-refractivity contribution >= 4 is 16.1 Å². The number of nitrogens with zero attached hydrogens (tertiary/aromatic N) is 6. The van der Waals surface area contributed by atoms with Gasteiger partial charge in [-0.2, -0.15) is 10.5 Å².